The topological polar surface area (TPSA) is 12.4 Å². The van der Waals surface area contributed by atoms with Crippen molar-refractivity contribution in [3.8, 4) is 0 Å². The second-order valence-electron chi connectivity index (χ2n) is 2.70. The molecule has 1 nitrogen and oxygen atoms in total. The third-order valence-electron chi connectivity index (χ3n) is 1.58. The summed E-state index contributed by atoms with van der Waals surface area (Å²) in [4.78, 5) is 4.27. The SMILES string of the molecule is CC.CC(C)C1=NC=CCC1. The molecule has 1 heterocycles. The van der Waals surface area contributed by atoms with Gasteiger partial charge in [0.25, 0.3) is 0 Å². The van der Waals surface area contributed by atoms with E-state index in [-0.39, 0.29) is 0 Å². The first kappa shape index (κ1) is 10.4. The lowest BCUT2D eigenvalue weighted by molar-refractivity contribution is 0.834. The van der Waals surface area contributed by atoms with E-state index in [4.69, 9.17) is 0 Å². The second kappa shape index (κ2) is 6.14. The minimum absolute atomic E-state index is 0.634. The van der Waals surface area contributed by atoms with Gasteiger partial charge in [-0.25, -0.2) is 0 Å². The Labute approximate surface area is 70.2 Å². The fourth-order valence-electron chi connectivity index (χ4n) is 0.956. The molecule has 0 bridgehead atoms. The van der Waals surface area contributed by atoms with Crippen LogP contribution in [0.5, 0.6) is 0 Å². The highest BCUT2D eigenvalue weighted by molar-refractivity contribution is 5.87. The third-order valence-corrected chi connectivity index (χ3v) is 1.58. The zero-order valence-electron chi connectivity index (χ0n) is 8.09. The molecule has 0 spiro atoms. The van der Waals surface area contributed by atoms with E-state index in [9.17, 15) is 0 Å². The van der Waals surface area contributed by atoms with Gasteiger partial charge in [0.1, 0.15) is 0 Å². The van der Waals surface area contributed by atoms with Crippen LogP contribution in [0.1, 0.15) is 40.5 Å². The maximum Gasteiger partial charge on any atom is 0.0227 e. The van der Waals surface area contributed by atoms with Crippen LogP contribution in [0, 0.1) is 5.92 Å². The smallest absolute Gasteiger partial charge is 0.0227 e. The minimum Gasteiger partial charge on any atom is -0.266 e. The summed E-state index contributed by atoms with van der Waals surface area (Å²) in [5.74, 6) is 0.634. The van der Waals surface area contributed by atoms with Crippen molar-refractivity contribution in [2.45, 2.75) is 40.5 Å². The summed E-state index contributed by atoms with van der Waals surface area (Å²) < 4.78 is 0. The Kier molecular flexibility index (Phi) is 5.81. The maximum atomic E-state index is 4.27. The molecule has 0 saturated carbocycles. The van der Waals surface area contributed by atoms with Gasteiger partial charge in [-0.05, 0) is 18.8 Å². The van der Waals surface area contributed by atoms with Crippen molar-refractivity contribution < 1.29 is 0 Å². The summed E-state index contributed by atoms with van der Waals surface area (Å²) in [6.45, 7) is 8.38. The minimum atomic E-state index is 0.634. The van der Waals surface area contributed by atoms with Crippen LogP contribution in [-0.2, 0) is 0 Å². The summed E-state index contributed by atoms with van der Waals surface area (Å²) in [7, 11) is 0. The normalized spacial score (nSPS) is 15.5. The number of hydrogen-bond acceptors (Lipinski definition) is 1. The van der Waals surface area contributed by atoms with Gasteiger partial charge in [0.2, 0.25) is 0 Å². The van der Waals surface area contributed by atoms with Gasteiger partial charge in [0.05, 0.1) is 0 Å². The molecule has 1 aliphatic rings. The number of allylic oxidation sites excluding steroid dienone is 1. The van der Waals surface area contributed by atoms with Gasteiger partial charge in [-0.3, -0.25) is 4.99 Å². The lowest BCUT2D eigenvalue weighted by atomic mass is 10.0. The summed E-state index contributed by atoms with van der Waals surface area (Å²) >= 11 is 0. The van der Waals surface area contributed by atoms with E-state index in [1.54, 1.807) is 0 Å². The molecule has 0 radical (unpaired) electrons. The molecular weight excluding hydrogens is 134 g/mol. The summed E-state index contributed by atoms with van der Waals surface area (Å²) in [5, 5.41) is 0. The van der Waals surface area contributed by atoms with E-state index < -0.39 is 0 Å². The molecule has 0 amide bonds. The number of aliphatic imine (C=N–C) groups is 1. The van der Waals surface area contributed by atoms with Crippen molar-refractivity contribution in [3.63, 3.8) is 0 Å². The Morgan fingerprint density at radius 3 is 2.27 bits per heavy atom. The molecule has 0 aliphatic carbocycles. The molecule has 1 aliphatic heterocycles. The monoisotopic (exact) mass is 153 g/mol. The molecule has 1 heteroatoms. The predicted molar refractivity (Wildman–Crippen MR) is 52.0 cm³/mol. The van der Waals surface area contributed by atoms with E-state index in [1.165, 1.54) is 12.1 Å². The van der Waals surface area contributed by atoms with Gasteiger partial charge in [-0.2, -0.15) is 0 Å². The fourth-order valence-corrected chi connectivity index (χ4v) is 0.956. The molecule has 0 N–H and O–H groups in total. The van der Waals surface area contributed by atoms with Gasteiger partial charge >= 0.3 is 0 Å². The molecular formula is C10H19N. The quantitative estimate of drug-likeness (QED) is 0.547. The summed E-state index contributed by atoms with van der Waals surface area (Å²) in [6.07, 6.45) is 6.37. The van der Waals surface area contributed by atoms with Crippen LogP contribution in [0.2, 0.25) is 0 Å². The molecule has 11 heavy (non-hydrogen) atoms. The average Bonchev–Trinajstić information content (AvgIpc) is 2.10. The lowest BCUT2D eigenvalue weighted by Gasteiger charge is -2.09. The largest absolute Gasteiger partial charge is 0.266 e. The van der Waals surface area contributed by atoms with Gasteiger partial charge < -0.3 is 0 Å². The predicted octanol–water partition coefficient (Wildman–Crippen LogP) is 3.42. The van der Waals surface area contributed by atoms with Gasteiger partial charge in [-0.15, -0.1) is 0 Å². The first-order valence-electron chi connectivity index (χ1n) is 4.52. The van der Waals surface area contributed by atoms with Gasteiger partial charge in [-0.1, -0.05) is 33.8 Å². The molecule has 64 valence electrons. The van der Waals surface area contributed by atoms with E-state index >= 15 is 0 Å². The summed E-state index contributed by atoms with van der Waals surface area (Å²) in [5.41, 5.74) is 1.34. The maximum absolute atomic E-state index is 4.27. The average molecular weight is 153 g/mol. The molecule has 0 aromatic heterocycles. The Morgan fingerprint density at radius 1 is 1.36 bits per heavy atom. The number of hydrogen-bond donors (Lipinski definition) is 0. The van der Waals surface area contributed by atoms with E-state index in [0.29, 0.717) is 5.92 Å². The van der Waals surface area contributed by atoms with Crippen molar-refractivity contribution >= 4 is 5.71 Å². The van der Waals surface area contributed by atoms with Crippen molar-refractivity contribution in [2.24, 2.45) is 10.9 Å². The highest BCUT2D eigenvalue weighted by atomic mass is 14.7. The van der Waals surface area contributed by atoms with Crippen molar-refractivity contribution in [1.29, 1.82) is 0 Å². The van der Waals surface area contributed by atoms with Crippen molar-refractivity contribution in [3.05, 3.63) is 12.3 Å². The highest BCUT2D eigenvalue weighted by Crippen LogP contribution is 2.09. The zero-order valence-corrected chi connectivity index (χ0v) is 8.09. The third kappa shape index (κ3) is 3.97. The number of nitrogens with zero attached hydrogens (tertiary/aromatic N) is 1. The van der Waals surface area contributed by atoms with Crippen LogP contribution in [-0.4, -0.2) is 5.71 Å². The van der Waals surface area contributed by atoms with Crippen molar-refractivity contribution in [2.75, 3.05) is 0 Å². The van der Waals surface area contributed by atoms with Gasteiger partial charge in [0.15, 0.2) is 0 Å². The molecule has 0 unspecified atom stereocenters. The van der Waals surface area contributed by atoms with E-state index in [2.05, 4.69) is 24.9 Å². The molecule has 0 aromatic rings. The Hall–Kier alpha value is -0.590. The number of rotatable bonds is 1. The molecule has 0 aromatic carbocycles. The zero-order chi connectivity index (χ0) is 8.69. The van der Waals surface area contributed by atoms with Crippen LogP contribution in [0.4, 0.5) is 0 Å². The fraction of sp³-hybridized carbons (Fsp3) is 0.700. The standard InChI is InChI=1S/C8H13N.C2H6/c1-7(2)8-5-3-4-6-9-8;1-2/h4,6-7H,3,5H2,1-2H3;1-2H3. The molecule has 0 fully saturated rings. The Morgan fingerprint density at radius 2 is 2.00 bits per heavy atom. The van der Waals surface area contributed by atoms with Crippen molar-refractivity contribution in [1.82, 2.24) is 0 Å². The lowest BCUT2D eigenvalue weighted by Crippen LogP contribution is -2.07. The van der Waals surface area contributed by atoms with Crippen LogP contribution in [0.25, 0.3) is 0 Å². The molecule has 1 rings (SSSR count). The molecule has 0 saturated heterocycles. The van der Waals surface area contributed by atoms with Crippen LogP contribution >= 0.6 is 0 Å². The highest BCUT2D eigenvalue weighted by Gasteiger charge is 2.04. The van der Waals surface area contributed by atoms with E-state index in [1.807, 2.05) is 20.0 Å². The van der Waals surface area contributed by atoms with Crippen LogP contribution < -0.4 is 0 Å². The Balaban J connectivity index is 0.000000461. The van der Waals surface area contributed by atoms with Crippen LogP contribution in [0.3, 0.4) is 0 Å². The first-order valence-corrected chi connectivity index (χ1v) is 4.52. The van der Waals surface area contributed by atoms with Gasteiger partial charge in [0, 0.05) is 11.9 Å². The van der Waals surface area contributed by atoms with Crippen LogP contribution in [0.15, 0.2) is 17.3 Å². The molecule has 0 atom stereocenters. The second-order valence-corrected chi connectivity index (χ2v) is 2.70. The first-order chi connectivity index (χ1) is 5.30. The van der Waals surface area contributed by atoms with E-state index in [0.717, 1.165) is 6.42 Å². The Bertz CT molecular complexity index is 143. The summed E-state index contributed by atoms with van der Waals surface area (Å²) in [6, 6.07) is 0.